The highest BCUT2D eigenvalue weighted by Gasteiger charge is 2.33. The van der Waals surface area contributed by atoms with Crippen LogP contribution in [-0.2, 0) is 35.4 Å². The van der Waals surface area contributed by atoms with E-state index in [1.54, 1.807) is 12.2 Å². The molecule has 0 unspecified atom stereocenters. The molecule has 1 amide bonds. The Morgan fingerprint density at radius 3 is 2.54 bits per heavy atom. The maximum absolute atomic E-state index is 12.7. The molecule has 3 N–H and O–H groups in total. The molecular formula is C33H47N3O5. The molecule has 0 spiro atoms. The number of rotatable bonds is 10. The van der Waals surface area contributed by atoms with Gasteiger partial charge in [0, 0.05) is 37.4 Å². The topological polar surface area (TPSA) is 119 Å². The van der Waals surface area contributed by atoms with Crippen molar-refractivity contribution in [3.63, 3.8) is 0 Å². The van der Waals surface area contributed by atoms with Gasteiger partial charge in [0.15, 0.2) is 5.89 Å². The number of carbonyl (C=O) groups excluding carboxylic acids is 1. The molecule has 1 fully saturated rings. The van der Waals surface area contributed by atoms with Crippen molar-refractivity contribution in [2.75, 3.05) is 6.61 Å². The van der Waals surface area contributed by atoms with Crippen LogP contribution < -0.4 is 10.5 Å². The highest BCUT2D eigenvalue weighted by Crippen LogP contribution is 2.30. The van der Waals surface area contributed by atoms with Crippen LogP contribution in [0.5, 0.6) is 5.75 Å². The Hall–Kier alpha value is -3.39. The van der Waals surface area contributed by atoms with Crippen LogP contribution in [0.3, 0.4) is 0 Å². The molecule has 2 heterocycles. The Balaban J connectivity index is 0.000000850. The maximum atomic E-state index is 12.7. The van der Waals surface area contributed by atoms with E-state index in [4.69, 9.17) is 19.9 Å². The van der Waals surface area contributed by atoms with Crippen molar-refractivity contribution >= 4 is 11.9 Å². The van der Waals surface area contributed by atoms with Gasteiger partial charge in [-0.1, -0.05) is 50.0 Å². The standard InChI is InChI=1S/C29H36N2O5.C4H11N/c1-3-4-5-10-28(32)31-19-23-17-24(13-12-22(23)18-26(31)29(33)34)35-16-15-25-20(2)36-27(30-25)14-11-21-8-6-7-9-21;1-4(2,3)5/h3-5,10,12-13,17,21,26H,6-9,11,14-16,18-19H2,1-2H3,(H,33,34);5H2,1-3H3/b4-3+,10-5+;/t26-;/m0./s1. The van der Waals surface area contributed by atoms with Crippen molar-refractivity contribution in [1.82, 2.24) is 9.88 Å². The number of hydrogen-bond acceptors (Lipinski definition) is 6. The summed E-state index contributed by atoms with van der Waals surface area (Å²) in [4.78, 5) is 30.6. The molecule has 41 heavy (non-hydrogen) atoms. The zero-order valence-electron chi connectivity index (χ0n) is 25.3. The Morgan fingerprint density at radius 1 is 1.17 bits per heavy atom. The van der Waals surface area contributed by atoms with E-state index in [0.717, 1.165) is 47.2 Å². The summed E-state index contributed by atoms with van der Waals surface area (Å²) in [6.07, 6.45) is 14.9. The average Bonchev–Trinajstić information content (AvgIpc) is 3.55. The van der Waals surface area contributed by atoms with Crippen LogP contribution >= 0.6 is 0 Å². The second kappa shape index (κ2) is 15.0. The van der Waals surface area contributed by atoms with Gasteiger partial charge in [-0.25, -0.2) is 9.78 Å². The molecule has 4 rings (SSSR count). The average molecular weight is 566 g/mol. The largest absolute Gasteiger partial charge is 0.493 e. The van der Waals surface area contributed by atoms with E-state index in [2.05, 4.69) is 0 Å². The van der Waals surface area contributed by atoms with E-state index >= 15 is 0 Å². The lowest BCUT2D eigenvalue weighted by atomic mass is 9.93. The third kappa shape index (κ3) is 10.5. The number of nitrogens with zero attached hydrogens (tertiary/aromatic N) is 2. The zero-order chi connectivity index (χ0) is 30.0. The Bertz CT molecular complexity index is 1210. The number of oxazole rings is 1. The third-order valence-corrected chi connectivity index (χ3v) is 7.20. The molecule has 1 atom stereocenters. The van der Waals surface area contributed by atoms with Crippen molar-refractivity contribution in [3.8, 4) is 5.75 Å². The van der Waals surface area contributed by atoms with Gasteiger partial charge in [0.25, 0.3) is 0 Å². The molecule has 2 aromatic rings. The number of nitrogens with two attached hydrogens (primary N) is 1. The van der Waals surface area contributed by atoms with Crippen molar-refractivity contribution in [2.24, 2.45) is 11.7 Å². The van der Waals surface area contributed by atoms with E-state index in [1.807, 2.05) is 58.9 Å². The maximum Gasteiger partial charge on any atom is 0.326 e. The summed E-state index contributed by atoms with van der Waals surface area (Å²) in [6, 6.07) is 4.79. The molecule has 0 radical (unpaired) electrons. The first kappa shape index (κ1) is 32.1. The lowest BCUT2D eigenvalue weighted by Crippen LogP contribution is -2.48. The summed E-state index contributed by atoms with van der Waals surface area (Å²) in [6.45, 7) is 10.4. The number of carbonyl (C=O) groups is 2. The van der Waals surface area contributed by atoms with Gasteiger partial charge in [-0.3, -0.25) is 4.79 Å². The molecule has 2 aliphatic rings. The summed E-state index contributed by atoms with van der Waals surface area (Å²) in [7, 11) is 0. The van der Waals surface area contributed by atoms with Gasteiger partial charge >= 0.3 is 5.97 Å². The van der Waals surface area contributed by atoms with E-state index in [1.165, 1.54) is 36.7 Å². The quantitative estimate of drug-likeness (QED) is 0.270. The number of aliphatic carboxylic acids is 1. The van der Waals surface area contributed by atoms with Gasteiger partial charge in [0.1, 0.15) is 17.6 Å². The van der Waals surface area contributed by atoms with Gasteiger partial charge in [-0.05, 0) is 70.2 Å². The van der Waals surface area contributed by atoms with Crippen LogP contribution in [0.2, 0.25) is 0 Å². The lowest BCUT2D eigenvalue weighted by Gasteiger charge is -2.34. The molecule has 0 bridgehead atoms. The molecule has 1 aromatic heterocycles. The Morgan fingerprint density at radius 2 is 1.88 bits per heavy atom. The molecule has 1 saturated carbocycles. The fourth-order valence-electron chi connectivity index (χ4n) is 5.17. The summed E-state index contributed by atoms with van der Waals surface area (Å²) >= 11 is 0. The van der Waals surface area contributed by atoms with Crippen LogP contribution in [0.1, 0.15) is 88.3 Å². The first-order chi connectivity index (χ1) is 19.4. The molecule has 1 aromatic carbocycles. The first-order valence-corrected chi connectivity index (χ1v) is 14.8. The number of fused-ring (bicyclic) bond motifs is 1. The fraction of sp³-hybridized carbons (Fsp3) is 0.545. The van der Waals surface area contributed by atoms with Crippen LogP contribution in [0.25, 0.3) is 0 Å². The summed E-state index contributed by atoms with van der Waals surface area (Å²) in [5.41, 5.74) is 8.12. The second-order valence-corrected chi connectivity index (χ2v) is 12.1. The normalized spacial score (nSPS) is 17.5. The zero-order valence-corrected chi connectivity index (χ0v) is 25.3. The predicted molar refractivity (Wildman–Crippen MR) is 161 cm³/mol. The van der Waals surface area contributed by atoms with Crippen LogP contribution in [0.15, 0.2) is 46.9 Å². The van der Waals surface area contributed by atoms with Gasteiger partial charge < -0.3 is 24.9 Å². The number of carboxylic acids is 1. The fourth-order valence-corrected chi connectivity index (χ4v) is 5.17. The van der Waals surface area contributed by atoms with Gasteiger partial charge in [0.05, 0.1) is 12.3 Å². The number of allylic oxidation sites excluding steroid dienone is 3. The number of aryl methyl sites for hydroxylation is 2. The van der Waals surface area contributed by atoms with Gasteiger partial charge in [0.2, 0.25) is 5.91 Å². The SMILES string of the molecule is C/C=C/C=C/C(=O)N1Cc2cc(OCCc3nc(CCC4CCCC4)oc3C)ccc2C[C@H]1C(=O)O.CC(C)(C)N. The van der Waals surface area contributed by atoms with E-state index < -0.39 is 12.0 Å². The summed E-state index contributed by atoms with van der Waals surface area (Å²) < 4.78 is 11.9. The lowest BCUT2D eigenvalue weighted by molar-refractivity contribution is -0.149. The molecule has 1 aliphatic heterocycles. The highest BCUT2D eigenvalue weighted by atomic mass is 16.5. The molecule has 224 valence electrons. The molecule has 0 saturated heterocycles. The van der Waals surface area contributed by atoms with E-state index in [-0.39, 0.29) is 24.4 Å². The van der Waals surface area contributed by atoms with Crippen molar-refractivity contribution in [3.05, 3.63) is 71.0 Å². The minimum Gasteiger partial charge on any atom is -0.493 e. The van der Waals surface area contributed by atoms with Crippen LogP contribution in [0.4, 0.5) is 0 Å². The summed E-state index contributed by atoms with van der Waals surface area (Å²) in [5.74, 6) is 1.87. The second-order valence-electron chi connectivity index (χ2n) is 12.1. The number of aromatic nitrogens is 1. The van der Waals surface area contributed by atoms with Crippen molar-refractivity contribution in [1.29, 1.82) is 0 Å². The van der Waals surface area contributed by atoms with Crippen LogP contribution in [0, 0.1) is 12.8 Å². The number of hydrogen-bond donors (Lipinski definition) is 2. The Kier molecular flexibility index (Phi) is 11.8. The minimum absolute atomic E-state index is 0. The smallest absolute Gasteiger partial charge is 0.326 e. The minimum atomic E-state index is -1.00. The molecular weight excluding hydrogens is 518 g/mol. The summed E-state index contributed by atoms with van der Waals surface area (Å²) in [5, 5.41) is 9.68. The van der Waals surface area contributed by atoms with Gasteiger partial charge in [-0.15, -0.1) is 0 Å². The monoisotopic (exact) mass is 565 g/mol. The number of carboxylic acid groups (broad SMARTS) is 1. The number of ether oxygens (including phenoxy) is 1. The molecule has 8 nitrogen and oxygen atoms in total. The first-order valence-electron chi connectivity index (χ1n) is 14.8. The van der Waals surface area contributed by atoms with Crippen molar-refractivity contribution < 1.29 is 23.8 Å². The van der Waals surface area contributed by atoms with Crippen LogP contribution in [-0.4, -0.2) is 45.1 Å². The molecule has 1 aliphatic carbocycles. The number of benzene rings is 1. The van der Waals surface area contributed by atoms with Gasteiger partial charge in [-0.2, -0.15) is 0 Å². The third-order valence-electron chi connectivity index (χ3n) is 7.20. The number of amides is 1. The van der Waals surface area contributed by atoms with E-state index in [0.29, 0.717) is 18.8 Å². The predicted octanol–water partition coefficient (Wildman–Crippen LogP) is 5.94. The molecule has 8 heteroatoms. The van der Waals surface area contributed by atoms with E-state index in [9.17, 15) is 14.7 Å². The Labute approximate surface area is 244 Å². The van der Waals surface area contributed by atoms with Crippen molar-refractivity contribution in [2.45, 2.75) is 104 Å². The highest BCUT2D eigenvalue weighted by molar-refractivity contribution is 5.92.